The van der Waals surface area contributed by atoms with Gasteiger partial charge in [-0.3, -0.25) is 12.1 Å². The van der Waals surface area contributed by atoms with Crippen molar-refractivity contribution in [3.05, 3.63) is 303 Å². The summed E-state index contributed by atoms with van der Waals surface area (Å²) in [6, 6.07) is 103. The molecule has 0 saturated heterocycles. The van der Waals surface area contributed by atoms with Gasteiger partial charge in [0.25, 0.3) is 0 Å². The van der Waals surface area contributed by atoms with Crippen molar-refractivity contribution in [1.29, 1.82) is 0 Å². The van der Waals surface area contributed by atoms with Crippen molar-refractivity contribution in [2.45, 2.75) is 12.8 Å². The fourth-order valence-electron chi connectivity index (χ4n) is 10.9. The van der Waals surface area contributed by atoms with Crippen LogP contribution in [0.5, 0.6) is 0 Å². The van der Waals surface area contributed by atoms with Gasteiger partial charge in [-0.25, -0.2) is 11.6 Å². The summed E-state index contributed by atoms with van der Waals surface area (Å²) in [7, 11) is 0. The molecule has 0 radical (unpaired) electrons. The van der Waals surface area contributed by atoms with Crippen LogP contribution in [0, 0.1) is 30.3 Å². The first kappa shape index (κ1) is 54.2. The van der Waals surface area contributed by atoms with Gasteiger partial charge in [-0.1, -0.05) is 155 Å². The molecule has 9 aromatic carbocycles. The summed E-state index contributed by atoms with van der Waals surface area (Å²) in [6.07, 6.45) is 6.90. The van der Waals surface area contributed by atoms with Crippen molar-refractivity contribution < 1.29 is 41.2 Å². The molecule has 1 aliphatic rings. The maximum absolute atomic E-state index is 5.15. The molecule has 83 heavy (non-hydrogen) atoms. The van der Waals surface area contributed by atoms with E-state index in [2.05, 4.69) is 239 Å². The third-order valence-electron chi connectivity index (χ3n) is 14.8. The van der Waals surface area contributed by atoms with Crippen molar-refractivity contribution in [3.8, 4) is 112 Å². The van der Waals surface area contributed by atoms with E-state index >= 15 is 0 Å². The number of aryl methyl sites for hydroxylation is 2. The average molecular weight is 1420 g/mol. The molecule has 0 atom stereocenters. The summed E-state index contributed by atoms with van der Waals surface area (Å²) in [4.78, 5) is 26.6. The van der Waals surface area contributed by atoms with Gasteiger partial charge in [0.15, 0.2) is 0 Å². The molecule has 4 aromatic heterocycles. The van der Waals surface area contributed by atoms with E-state index in [0.29, 0.717) is 17.8 Å². The molecule has 8 bridgehead atoms. The predicted molar refractivity (Wildman–Crippen MR) is 326 cm³/mol. The number of aromatic nitrogens is 5. The molecule has 0 amide bonds. The fraction of sp³-hybridized carbons (Fsp3) is 0.0267. The largest absolute Gasteiger partial charge is 3.00 e. The van der Waals surface area contributed by atoms with Gasteiger partial charge >= 0.3 is 41.2 Å². The quantitative estimate of drug-likeness (QED) is 0.134. The van der Waals surface area contributed by atoms with Gasteiger partial charge in [0, 0.05) is 35.7 Å². The molecule has 0 spiro atoms. The number of pyridine rings is 3. The third-order valence-corrected chi connectivity index (χ3v) is 14.8. The second kappa shape index (κ2) is 24.4. The number of hydrogen-bond donors (Lipinski definition) is 0. The minimum Gasteiger partial charge on any atom is -0.364 e. The second-order valence-electron chi connectivity index (χ2n) is 19.9. The standard InChI is InChI=1S/C75H47N6.Ir.Pt/c1-2-18-62(19-3-1)81-63-20-14-16-55(49-63)73-29-15-17-60(79-73)39-40-61-42-45-78-75(80-61)56-38-41-70(74(81)50-56)69-26-9-8-25-68(69)59-47-57(66-23-6-4-21-64(66)51-30-34-53(35-31-51)71-27-10-12-43-76-71)46-58(48-59)67-24-7-5-22-65(67)52-32-36-54(37-33-52)72-28-11-13-44-77-72;;/h1-34,36,41-48H,39-40H2;;/q-5;+3;+2. The number of nitrogens with zero attached hydrogens (tertiary/aromatic N) is 6. The van der Waals surface area contributed by atoms with Crippen LogP contribution in [-0.4, -0.2) is 24.9 Å². The summed E-state index contributed by atoms with van der Waals surface area (Å²) in [5, 5.41) is 0. The molecular formula is C75H47IrN6Pt. The molecule has 1 aliphatic heterocycles. The van der Waals surface area contributed by atoms with Gasteiger partial charge in [-0.2, -0.15) is 5.56 Å². The van der Waals surface area contributed by atoms with Crippen LogP contribution in [0.1, 0.15) is 11.4 Å². The first-order chi connectivity index (χ1) is 40.1. The van der Waals surface area contributed by atoms with Crippen molar-refractivity contribution in [3.63, 3.8) is 0 Å². The Hall–Kier alpha value is -9.35. The van der Waals surface area contributed by atoms with Gasteiger partial charge in [-0.15, -0.1) is 95.2 Å². The monoisotopic (exact) mass is 1420 g/mol. The van der Waals surface area contributed by atoms with Crippen LogP contribution in [0.25, 0.3) is 112 Å². The Bertz CT molecular complexity index is 4260. The first-order valence-electron chi connectivity index (χ1n) is 27.1. The molecule has 0 N–H and O–H groups in total. The molecule has 396 valence electrons. The molecule has 13 aromatic rings. The van der Waals surface area contributed by atoms with Gasteiger partial charge in [0.1, 0.15) is 0 Å². The molecule has 8 heteroatoms. The summed E-state index contributed by atoms with van der Waals surface area (Å²) >= 11 is 0. The minimum absolute atomic E-state index is 0. The average Bonchev–Trinajstić information content (AvgIpc) is 3.66. The Morgan fingerprint density at radius 3 is 1.43 bits per heavy atom. The normalized spacial score (nSPS) is 11.5. The van der Waals surface area contributed by atoms with E-state index in [1.807, 2.05) is 67.1 Å². The smallest absolute Gasteiger partial charge is 0.364 e. The third kappa shape index (κ3) is 11.2. The molecule has 0 unspecified atom stereocenters. The summed E-state index contributed by atoms with van der Waals surface area (Å²) in [6.45, 7) is 0. The number of para-hydroxylation sites is 1. The Morgan fingerprint density at radius 2 is 0.867 bits per heavy atom. The Balaban J connectivity index is 0.00000340. The van der Waals surface area contributed by atoms with Gasteiger partial charge in [0.2, 0.25) is 0 Å². The van der Waals surface area contributed by atoms with Gasteiger partial charge in [-0.05, 0) is 129 Å². The first-order valence-corrected chi connectivity index (χ1v) is 27.1. The summed E-state index contributed by atoms with van der Waals surface area (Å²) in [5.41, 5.74) is 23.1. The maximum Gasteiger partial charge on any atom is 3.00 e. The molecule has 0 fully saturated rings. The van der Waals surface area contributed by atoms with Crippen LogP contribution in [0.3, 0.4) is 0 Å². The summed E-state index contributed by atoms with van der Waals surface area (Å²) in [5.74, 6) is 0.554. The Morgan fingerprint density at radius 1 is 0.349 bits per heavy atom. The van der Waals surface area contributed by atoms with Crippen LogP contribution in [-0.2, 0) is 54.0 Å². The number of fused-ring (bicyclic) bond motifs is 10. The van der Waals surface area contributed by atoms with Crippen molar-refractivity contribution in [1.82, 2.24) is 24.9 Å². The van der Waals surface area contributed by atoms with Gasteiger partial charge in [0.05, 0.1) is 0 Å². The molecular weight excluding hydrogens is 1370 g/mol. The van der Waals surface area contributed by atoms with E-state index in [1.165, 1.54) is 0 Å². The van der Waals surface area contributed by atoms with E-state index < -0.39 is 0 Å². The van der Waals surface area contributed by atoms with E-state index in [4.69, 9.17) is 15.0 Å². The predicted octanol–water partition coefficient (Wildman–Crippen LogP) is 17.9. The Labute approximate surface area is 512 Å². The zero-order valence-corrected chi connectivity index (χ0v) is 49.2. The van der Waals surface area contributed by atoms with Gasteiger partial charge < -0.3 is 29.8 Å². The van der Waals surface area contributed by atoms with Crippen molar-refractivity contribution in [2.24, 2.45) is 0 Å². The second-order valence-corrected chi connectivity index (χ2v) is 19.9. The molecule has 14 rings (SSSR count). The fourth-order valence-corrected chi connectivity index (χ4v) is 10.9. The van der Waals surface area contributed by atoms with Crippen LogP contribution in [0.4, 0.5) is 17.1 Å². The zero-order chi connectivity index (χ0) is 53.9. The minimum atomic E-state index is 0. The maximum atomic E-state index is 5.15. The SMILES string of the molecule is [Ir+3].[Pt+2].[c-]1cc(-c2ccccc2-c2cc(-c3ccccc3-c3c[c-]c(-c4ccccn4)cc3)cc(-c3ccccc3-c3c[c-]c(-c4ccccn4)cc3)c2)c2[c-]c1-c1nccc(n1)CCc1cccc(n1)-c1[c-]c(ccc1)N2c1ccccc1. The van der Waals surface area contributed by atoms with Crippen LogP contribution in [0.2, 0.25) is 0 Å². The van der Waals surface area contributed by atoms with E-state index in [-0.39, 0.29) is 41.2 Å². The van der Waals surface area contributed by atoms with Crippen LogP contribution >= 0.6 is 0 Å². The van der Waals surface area contributed by atoms with Crippen LogP contribution in [0.15, 0.2) is 261 Å². The number of anilines is 3. The molecule has 6 nitrogen and oxygen atoms in total. The molecule has 0 saturated carbocycles. The topological polar surface area (TPSA) is 67.7 Å². The molecule has 5 heterocycles. The zero-order valence-electron chi connectivity index (χ0n) is 44.6. The number of hydrogen-bond acceptors (Lipinski definition) is 6. The number of rotatable bonds is 9. The van der Waals surface area contributed by atoms with Crippen LogP contribution < -0.4 is 4.90 Å². The van der Waals surface area contributed by atoms with Crippen molar-refractivity contribution >= 4 is 17.1 Å². The Kier molecular flexibility index (Phi) is 15.9. The van der Waals surface area contributed by atoms with E-state index in [9.17, 15) is 0 Å². The summed E-state index contributed by atoms with van der Waals surface area (Å²) < 4.78 is 0. The van der Waals surface area contributed by atoms with Crippen molar-refractivity contribution in [2.75, 3.05) is 4.90 Å². The van der Waals surface area contributed by atoms with E-state index in [1.54, 1.807) is 0 Å². The van der Waals surface area contributed by atoms with E-state index in [0.717, 1.165) is 135 Å². The molecule has 0 aliphatic carbocycles. The number of benzene rings is 9.